The number of rotatable bonds is 2. The lowest BCUT2D eigenvalue weighted by Gasteiger charge is -2.39. The van der Waals surface area contributed by atoms with Gasteiger partial charge in [-0.3, -0.25) is 4.79 Å². The van der Waals surface area contributed by atoms with Crippen LogP contribution < -0.4 is 0 Å². The molecule has 1 N–H and O–H groups in total. The van der Waals surface area contributed by atoms with Crippen molar-refractivity contribution in [1.82, 2.24) is 9.88 Å². The van der Waals surface area contributed by atoms with Crippen molar-refractivity contribution < 1.29 is 14.3 Å². The minimum absolute atomic E-state index is 0.0350. The molecule has 1 aromatic heterocycles. The van der Waals surface area contributed by atoms with Gasteiger partial charge < -0.3 is 14.6 Å². The number of para-hydroxylation sites is 1. The second-order valence-electron chi connectivity index (χ2n) is 5.64. The molecule has 1 amide bonds. The van der Waals surface area contributed by atoms with E-state index >= 15 is 0 Å². The average molecular weight is 300 g/mol. The van der Waals surface area contributed by atoms with E-state index in [1.165, 1.54) is 7.11 Å². The third kappa shape index (κ3) is 2.08. The molecule has 0 spiro atoms. The third-order valence-corrected chi connectivity index (χ3v) is 4.48. The summed E-state index contributed by atoms with van der Waals surface area (Å²) >= 11 is 0. The smallest absolute Gasteiger partial charge is 0.328 e. The first-order valence-corrected chi connectivity index (χ1v) is 7.57. The molecule has 0 aliphatic carbocycles. The molecule has 116 valence electrons. The van der Waals surface area contributed by atoms with Crippen LogP contribution in [0.3, 0.4) is 0 Å². The van der Waals surface area contributed by atoms with Crippen molar-refractivity contribution in [2.75, 3.05) is 7.11 Å². The summed E-state index contributed by atoms with van der Waals surface area (Å²) in [5.74, 6) is -0.392. The number of H-pyrrole nitrogens is 1. The Hall–Kier alpha value is -2.30. The van der Waals surface area contributed by atoms with Gasteiger partial charge in [0.15, 0.2) is 0 Å². The van der Waals surface area contributed by atoms with Gasteiger partial charge >= 0.3 is 5.97 Å². The Morgan fingerprint density at radius 1 is 1.36 bits per heavy atom. The molecule has 1 aromatic carbocycles. The SMILES string of the molecule is CCC(=O)N1C(C(=O)OC)Cc2c([nH]c3ccccc23)C1C. The molecular weight excluding hydrogens is 280 g/mol. The quantitative estimate of drug-likeness (QED) is 0.867. The molecule has 3 rings (SSSR count). The van der Waals surface area contributed by atoms with Gasteiger partial charge in [0.25, 0.3) is 0 Å². The summed E-state index contributed by atoms with van der Waals surface area (Å²) < 4.78 is 4.92. The topological polar surface area (TPSA) is 62.4 Å². The van der Waals surface area contributed by atoms with E-state index in [4.69, 9.17) is 4.74 Å². The highest BCUT2D eigenvalue weighted by Gasteiger charge is 2.40. The van der Waals surface area contributed by atoms with E-state index in [2.05, 4.69) is 4.98 Å². The summed E-state index contributed by atoms with van der Waals surface area (Å²) in [7, 11) is 1.37. The number of methoxy groups -OCH3 is 1. The second kappa shape index (κ2) is 5.48. The summed E-state index contributed by atoms with van der Waals surface area (Å²) in [6.07, 6.45) is 0.857. The predicted octanol–water partition coefficient (Wildman–Crippen LogP) is 2.57. The first-order valence-electron chi connectivity index (χ1n) is 7.57. The van der Waals surface area contributed by atoms with Crippen LogP contribution in [0.5, 0.6) is 0 Å². The number of nitrogens with one attached hydrogen (secondary N) is 1. The molecule has 0 saturated carbocycles. The summed E-state index contributed by atoms with van der Waals surface area (Å²) in [6, 6.07) is 7.29. The molecule has 1 aliphatic rings. The lowest BCUT2D eigenvalue weighted by atomic mass is 9.92. The van der Waals surface area contributed by atoms with Gasteiger partial charge in [0.2, 0.25) is 5.91 Å². The van der Waals surface area contributed by atoms with Crippen molar-refractivity contribution in [3.05, 3.63) is 35.5 Å². The van der Waals surface area contributed by atoms with Gasteiger partial charge in [0.1, 0.15) is 6.04 Å². The number of benzene rings is 1. The van der Waals surface area contributed by atoms with Crippen LogP contribution in [0.1, 0.15) is 37.6 Å². The highest BCUT2D eigenvalue weighted by atomic mass is 16.5. The molecule has 5 nitrogen and oxygen atoms in total. The first kappa shape index (κ1) is 14.6. The van der Waals surface area contributed by atoms with Crippen molar-refractivity contribution in [3.8, 4) is 0 Å². The number of esters is 1. The molecule has 2 unspecified atom stereocenters. The highest BCUT2D eigenvalue weighted by molar-refractivity contribution is 5.90. The van der Waals surface area contributed by atoms with E-state index < -0.39 is 6.04 Å². The van der Waals surface area contributed by atoms with Crippen LogP contribution >= 0.6 is 0 Å². The second-order valence-corrected chi connectivity index (χ2v) is 5.64. The lowest BCUT2D eigenvalue weighted by Crippen LogP contribution is -2.50. The number of ether oxygens (including phenoxy) is 1. The number of nitrogens with zero attached hydrogens (tertiary/aromatic N) is 1. The minimum Gasteiger partial charge on any atom is -0.467 e. The van der Waals surface area contributed by atoms with Crippen LogP contribution in [0.2, 0.25) is 0 Å². The Labute approximate surface area is 129 Å². The summed E-state index contributed by atoms with van der Waals surface area (Å²) in [5, 5.41) is 1.11. The highest BCUT2D eigenvalue weighted by Crippen LogP contribution is 2.37. The van der Waals surface area contributed by atoms with E-state index in [-0.39, 0.29) is 17.9 Å². The normalized spacial score (nSPS) is 20.8. The molecule has 5 heteroatoms. The van der Waals surface area contributed by atoms with Crippen molar-refractivity contribution in [2.24, 2.45) is 0 Å². The molecule has 2 aromatic rings. The van der Waals surface area contributed by atoms with Gasteiger partial charge in [-0.05, 0) is 18.6 Å². The Morgan fingerprint density at radius 3 is 2.77 bits per heavy atom. The number of hydrogen-bond donors (Lipinski definition) is 1. The molecule has 2 atom stereocenters. The van der Waals surface area contributed by atoms with Crippen LogP contribution in [0.25, 0.3) is 10.9 Å². The maximum absolute atomic E-state index is 12.3. The van der Waals surface area contributed by atoms with Gasteiger partial charge in [-0.2, -0.15) is 0 Å². The fourth-order valence-electron chi connectivity index (χ4n) is 3.40. The Kier molecular flexibility index (Phi) is 3.64. The maximum Gasteiger partial charge on any atom is 0.328 e. The largest absolute Gasteiger partial charge is 0.467 e. The van der Waals surface area contributed by atoms with Crippen LogP contribution in [-0.4, -0.2) is 34.9 Å². The minimum atomic E-state index is -0.556. The molecular formula is C17H20N2O3. The standard InChI is InChI=1S/C17H20N2O3/c1-4-15(20)19-10(2)16-12(9-14(19)17(21)22-3)11-7-5-6-8-13(11)18-16/h5-8,10,14,18H,4,9H2,1-3H3. The molecule has 0 saturated heterocycles. The van der Waals surface area contributed by atoms with Crippen molar-refractivity contribution in [3.63, 3.8) is 0 Å². The molecule has 0 fully saturated rings. The summed E-state index contributed by atoms with van der Waals surface area (Å²) in [4.78, 5) is 29.6. The number of aromatic nitrogens is 1. The third-order valence-electron chi connectivity index (χ3n) is 4.48. The monoisotopic (exact) mass is 300 g/mol. The van der Waals surface area contributed by atoms with Gasteiger partial charge in [0, 0.05) is 29.4 Å². The number of amides is 1. The fourth-order valence-corrected chi connectivity index (χ4v) is 3.40. The van der Waals surface area contributed by atoms with Crippen molar-refractivity contribution in [2.45, 2.75) is 38.8 Å². The van der Waals surface area contributed by atoms with Crippen molar-refractivity contribution in [1.29, 1.82) is 0 Å². The van der Waals surface area contributed by atoms with Crippen LogP contribution in [0.4, 0.5) is 0 Å². The fraction of sp³-hybridized carbons (Fsp3) is 0.412. The van der Waals surface area contributed by atoms with Gasteiger partial charge in [-0.25, -0.2) is 4.79 Å². The van der Waals surface area contributed by atoms with E-state index in [0.29, 0.717) is 12.8 Å². The lowest BCUT2D eigenvalue weighted by molar-refractivity contribution is -0.155. The van der Waals surface area contributed by atoms with Crippen LogP contribution in [0.15, 0.2) is 24.3 Å². The molecule has 0 bridgehead atoms. The Balaban J connectivity index is 2.14. The van der Waals surface area contributed by atoms with Gasteiger partial charge in [-0.1, -0.05) is 25.1 Å². The van der Waals surface area contributed by atoms with Gasteiger partial charge in [-0.15, -0.1) is 0 Å². The Bertz CT molecular complexity index is 735. The predicted molar refractivity (Wildman–Crippen MR) is 83.4 cm³/mol. The maximum atomic E-state index is 12.3. The average Bonchev–Trinajstić information content (AvgIpc) is 2.92. The zero-order valence-electron chi connectivity index (χ0n) is 13.1. The zero-order valence-corrected chi connectivity index (χ0v) is 13.1. The Morgan fingerprint density at radius 2 is 2.09 bits per heavy atom. The van der Waals surface area contributed by atoms with E-state index in [1.807, 2.05) is 38.1 Å². The molecule has 2 heterocycles. The number of aromatic amines is 1. The number of carbonyl (C=O) groups excluding carboxylic acids is 2. The number of hydrogen-bond acceptors (Lipinski definition) is 3. The van der Waals surface area contributed by atoms with E-state index in [0.717, 1.165) is 22.2 Å². The molecule has 1 aliphatic heterocycles. The summed E-state index contributed by atoms with van der Waals surface area (Å²) in [6.45, 7) is 3.76. The van der Waals surface area contributed by atoms with Crippen LogP contribution in [0, 0.1) is 0 Å². The molecule has 0 radical (unpaired) electrons. The van der Waals surface area contributed by atoms with E-state index in [1.54, 1.807) is 4.90 Å². The first-order chi connectivity index (χ1) is 10.6. The van der Waals surface area contributed by atoms with Crippen LogP contribution in [-0.2, 0) is 20.7 Å². The number of carbonyl (C=O) groups is 2. The van der Waals surface area contributed by atoms with E-state index in [9.17, 15) is 9.59 Å². The number of fused-ring (bicyclic) bond motifs is 3. The summed E-state index contributed by atoms with van der Waals surface area (Å²) in [5.41, 5.74) is 3.16. The zero-order chi connectivity index (χ0) is 15.9. The molecule has 22 heavy (non-hydrogen) atoms. The van der Waals surface area contributed by atoms with Crippen molar-refractivity contribution >= 4 is 22.8 Å². The van der Waals surface area contributed by atoms with Gasteiger partial charge in [0.05, 0.1) is 13.2 Å².